The summed E-state index contributed by atoms with van der Waals surface area (Å²) < 4.78 is 1.89. The van der Waals surface area contributed by atoms with Gasteiger partial charge in [0, 0.05) is 37.4 Å². The maximum absolute atomic E-state index is 4.68. The van der Waals surface area contributed by atoms with E-state index in [-0.39, 0.29) is 0 Å². The zero-order valence-corrected chi connectivity index (χ0v) is 13.3. The third-order valence-corrected chi connectivity index (χ3v) is 4.59. The molecule has 0 bridgehead atoms. The number of nitrogens with one attached hydrogen (secondary N) is 1. The Bertz CT molecular complexity index is 623. The molecule has 0 amide bonds. The van der Waals surface area contributed by atoms with Gasteiger partial charge in [0.05, 0.1) is 12.7 Å². The second-order valence-electron chi connectivity index (χ2n) is 6.52. The van der Waals surface area contributed by atoms with E-state index in [0.29, 0.717) is 12.0 Å². The first-order valence-corrected chi connectivity index (χ1v) is 8.53. The molecular formula is C16H23N7. The fraction of sp³-hybridized carbons (Fsp3) is 0.625. The van der Waals surface area contributed by atoms with Crippen LogP contribution in [0, 0.1) is 0 Å². The zero-order valence-electron chi connectivity index (χ0n) is 13.3. The van der Waals surface area contributed by atoms with E-state index < -0.39 is 0 Å². The summed E-state index contributed by atoms with van der Waals surface area (Å²) in [6.45, 7) is 4.12. The average Bonchev–Trinajstić information content (AvgIpc) is 3.30. The number of piperidine rings is 1. The van der Waals surface area contributed by atoms with Crippen LogP contribution in [-0.4, -0.2) is 55.5 Å². The van der Waals surface area contributed by atoms with Crippen molar-refractivity contribution in [2.75, 3.05) is 25.0 Å². The van der Waals surface area contributed by atoms with Gasteiger partial charge in [-0.05, 0) is 38.3 Å². The normalized spacial score (nSPS) is 22.2. The fourth-order valence-electron chi connectivity index (χ4n) is 3.17. The van der Waals surface area contributed by atoms with E-state index in [1.165, 1.54) is 25.7 Å². The van der Waals surface area contributed by atoms with Gasteiger partial charge in [0.15, 0.2) is 0 Å². The van der Waals surface area contributed by atoms with Crippen LogP contribution in [0.4, 0.5) is 5.82 Å². The molecule has 23 heavy (non-hydrogen) atoms. The first-order valence-electron chi connectivity index (χ1n) is 8.53. The quantitative estimate of drug-likeness (QED) is 0.872. The standard InChI is InChI=1S/C16H23N7/c1-2-14(12-22(8-1)10-11-23-9-7-18-21-23)19-15-5-6-17-16(20-15)13-3-4-13/h5-7,9,13-14H,1-4,8,10-12H2,(H,17,19,20). The summed E-state index contributed by atoms with van der Waals surface area (Å²) in [5.41, 5.74) is 0. The second kappa shape index (κ2) is 6.62. The highest BCUT2D eigenvalue weighted by atomic mass is 15.4. The maximum atomic E-state index is 4.68. The number of anilines is 1. The molecule has 1 N–H and O–H groups in total. The molecule has 122 valence electrons. The summed E-state index contributed by atoms with van der Waals surface area (Å²) in [4.78, 5) is 11.6. The van der Waals surface area contributed by atoms with Gasteiger partial charge in [0.25, 0.3) is 0 Å². The van der Waals surface area contributed by atoms with Crippen LogP contribution in [0.5, 0.6) is 0 Å². The molecule has 1 saturated heterocycles. The molecule has 0 radical (unpaired) electrons. The van der Waals surface area contributed by atoms with Crippen LogP contribution in [0.15, 0.2) is 24.7 Å². The van der Waals surface area contributed by atoms with E-state index in [9.17, 15) is 0 Å². The third-order valence-electron chi connectivity index (χ3n) is 4.59. The Morgan fingerprint density at radius 3 is 2.96 bits per heavy atom. The second-order valence-corrected chi connectivity index (χ2v) is 6.52. The molecule has 7 heteroatoms. The van der Waals surface area contributed by atoms with E-state index in [4.69, 9.17) is 0 Å². The summed E-state index contributed by atoms with van der Waals surface area (Å²) >= 11 is 0. The van der Waals surface area contributed by atoms with Gasteiger partial charge in [-0.15, -0.1) is 5.10 Å². The van der Waals surface area contributed by atoms with Crippen LogP contribution in [0.1, 0.15) is 37.4 Å². The highest BCUT2D eigenvalue weighted by molar-refractivity contribution is 5.35. The van der Waals surface area contributed by atoms with E-state index in [0.717, 1.165) is 37.8 Å². The molecule has 1 saturated carbocycles. The van der Waals surface area contributed by atoms with Gasteiger partial charge in [0.2, 0.25) is 0 Å². The fourth-order valence-corrected chi connectivity index (χ4v) is 3.17. The van der Waals surface area contributed by atoms with Crippen molar-refractivity contribution in [3.05, 3.63) is 30.5 Å². The third kappa shape index (κ3) is 3.85. The number of hydrogen-bond acceptors (Lipinski definition) is 6. The summed E-state index contributed by atoms with van der Waals surface area (Å²) in [5.74, 6) is 2.58. The van der Waals surface area contributed by atoms with E-state index in [1.54, 1.807) is 6.20 Å². The van der Waals surface area contributed by atoms with Crippen molar-refractivity contribution in [1.29, 1.82) is 0 Å². The lowest BCUT2D eigenvalue weighted by molar-refractivity contribution is 0.206. The molecule has 0 spiro atoms. The molecule has 1 aliphatic carbocycles. The predicted octanol–water partition coefficient (Wildman–Crippen LogP) is 1.52. The Labute approximate surface area is 136 Å². The van der Waals surface area contributed by atoms with Crippen molar-refractivity contribution >= 4 is 5.82 Å². The molecule has 7 nitrogen and oxygen atoms in total. The number of hydrogen-bond donors (Lipinski definition) is 1. The van der Waals surface area contributed by atoms with Crippen molar-refractivity contribution < 1.29 is 0 Å². The number of likely N-dealkylation sites (tertiary alicyclic amines) is 1. The summed E-state index contributed by atoms with van der Waals surface area (Å²) in [6.07, 6.45) is 10.4. The molecule has 1 aliphatic heterocycles. The van der Waals surface area contributed by atoms with Crippen LogP contribution in [0.3, 0.4) is 0 Å². The first-order chi connectivity index (χ1) is 11.4. The van der Waals surface area contributed by atoms with Gasteiger partial charge in [-0.1, -0.05) is 5.21 Å². The topological polar surface area (TPSA) is 71.8 Å². The molecule has 1 atom stereocenters. The lowest BCUT2D eigenvalue weighted by atomic mass is 10.1. The molecule has 1 unspecified atom stereocenters. The van der Waals surface area contributed by atoms with Crippen LogP contribution >= 0.6 is 0 Å². The molecule has 4 rings (SSSR count). The molecular weight excluding hydrogens is 290 g/mol. The van der Waals surface area contributed by atoms with Gasteiger partial charge in [0.1, 0.15) is 11.6 Å². The van der Waals surface area contributed by atoms with Gasteiger partial charge in [-0.3, -0.25) is 9.58 Å². The van der Waals surface area contributed by atoms with E-state index in [2.05, 4.69) is 30.5 Å². The minimum absolute atomic E-state index is 0.460. The zero-order chi connectivity index (χ0) is 15.5. The van der Waals surface area contributed by atoms with Crippen molar-refractivity contribution in [3.8, 4) is 0 Å². The van der Waals surface area contributed by atoms with Crippen molar-refractivity contribution in [2.24, 2.45) is 0 Å². The number of rotatable bonds is 6. The Kier molecular flexibility index (Phi) is 4.19. The number of nitrogens with zero attached hydrogens (tertiary/aromatic N) is 6. The highest BCUT2D eigenvalue weighted by Gasteiger charge is 2.27. The van der Waals surface area contributed by atoms with Crippen molar-refractivity contribution in [1.82, 2.24) is 29.9 Å². The minimum atomic E-state index is 0.460. The SMILES string of the molecule is c1cn(CCN2CCCC(Nc3ccnc(C4CC4)n3)C2)nn1. The molecule has 0 aromatic carbocycles. The largest absolute Gasteiger partial charge is 0.366 e. The molecule has 2 aromatic heterocycles. The Balaban J connectivity index is 1.31. The van der Waals surface area contributed by atoms with Gasteiger partial charge < -0.3 is 5.32 Å². The van der Waals surface area contributed by atoms with Crippen LogP contribution in [0.2, 0.25) is 0 Å². The Hall–Kier alpha value is -2.02. The average molecular weight is 313 g/mol. The summed E-state index contributed by atoms with van der Waals surface area (Å²) in [5, 5.41) is 11.5. The van der Waals surface area contributed by atoms with E-state index >= 15 is 0 Å². The molecule has 2 fully saturated rings. The van der Waals surface area contributed by atoms with E-state index in [1.807, 2.05) is 23.1 Å². The van der Waals surface area contributed by atoms with Crippen molar-refractivity contribution in [3.63, 3.8) is 0 Å². The lowest BCUT2D eigenvalue weighted by Crippen LogP contribution is -2.43. The smallest absolute Gasteiger partial charge is 0.133 e. The van der Waals surface area contributed by atoms with Gasteiger partial charge in [-0.2, -0.15) is 0 Å². The monoisotopic (exact) mass is 313 g/mol. The molecule has 2 aromatic rings. The van der Waals surface area contributed by atoms with Crippen LogP contribution in [0.25, 0.3) is 0 Å². The Morgan fingerprint density at radius 1 is 1.17 bits per heavy atom. The van der Waals surface area contributed by atoms with Crippen molar-refractivity contribution in [2.45, 2.75) is 44.2 Å². The highest BCUT2D eigenvalue weighted by Crippen LogP contribution is 2.38. The minimum Gasteiger partial charge on any atom is -0.366 e. The van der Waals surface area contributed by atoms with Crippen LogP contribution < -0.4 is 5.32 Å². The number of aromatic nitrogens is 5. The van der Waals surface area contributed by atoms with Gasteiger partial charge in [-0.25, -0.2) is 9.97 Å². The Morgan fingerprint density at radius 2 is 2.13 bits per heavy atom. The van der Waals surface area contributed by atoms with Gasteiger partial charge >= 0.3 is 0 Å². The summed E-state index contributed by atoms with van der Waals surface area (Å²) in [6, 6.07) is 2.45. The lowest BCUT2D eigenvalue weighted by Gasteiger charge is -2.33. The first kappa shape index (κ1) is 14.6. The molecule has 2 aliphatic rings. The predicted molar refractivity (Wildman–Crippen MR) is 87.1 cm³/mol. The molecule has 3 heterocycles. The van der Waals surface area contributed by atoms with Crippen LogP contribution in [-0.2, 0) is 6.54 Å². The summed E-state index contributed by atoms with van der Waals surface area (Å²) in [7, 11) is 0. The maximum Gasteiger partial charge on any atom is 0.133 e.